The van der Waals surface area contributed by atoms with E-state index in [1.54, 1.807) is 6.07 Å². The quantitative estimate of drug-likeness (QED) is 0.467. The molecule has 0 aliphatic heterocycles. The van der Waals surface area contributed by atoms with E-state index in [0.29, 0.717) is 25.1 Å². The van der Waals surface area contributed by atoms with Crippen molar-refractivity contribution in [1.82, 2.24) is 5.32 Å². The molecule has 0 heterocycles. The van der Waals surface area contributed by atoms with Gasteiger partial charge in [0.15, 0.2) is 0 Å². The number of anilines is 1. The van der Waals surface area contributed by atoms with Crippen LogP contribution in [0.3, 0.4) is 0 Å². The summed E-state index contributed by atoms with van der Waals surface area (Å²) < 4.78 is 4.79. The van der Waals surface area contributed by atoms with Crippen LogP contribution in [0.2, 0.25) is 0 Å². The standard InChI is InChI=1S/C13H18N2O4/c14-11-4-2-1-3-10(11)5-6-12(16)15-7-8-19-9-13(17)18/h1-4H,5-9,14H2,(H,15,16)(H,17,18). The second-order valence-corrected chi connectivity index (χ2v) is 4.00. The minimum Gasteiger partial charge on any atom is -0.480 e. The zero-order chi connectivity index (χ0) is 14.1. The third-order valence-corrected chi connectivity index (χ3v) is 2.47. The minimum atomic E-state index is -1.02. The average molecular weight is 266 g/mol. The molecule has 19 heavy (non-hydrogen) atoms. The van der Waals surface area contributed by atoms with E-state index < -0.39 is 5.97 Å². The fraction of sp³-hybridized carbons (Fsp3) is 0.385. The van der Waals surface area contributed by atoms with Crippen molar-refractivity contribution in [2.45, 2.75) is 12.8 Å². The number of ether oxygens (including phenoxy) is 1. The molecule has 0 saturated heterocycles. The molecule has 0 radical (unpaired) electrons. The van der Waals surface area contributed by atoms with E-state index in [0.717, 1.165) is 5.56 Å². The van der Waals surface area contributed by atoms with Gasteiger partial charge in [-0.2, -0.15) is 0 Å². The van der Waals surface area contributed by atoms with E-state index in [2.05, 4.69) is 5.32 Å². The molecule has 0 aromatic heterocycles. The summed E-state index contributed by atoms with van der Waals surface area (Å²) in [4.78, 5) is 21.7. The Bertz CT molecular complexity index is 434. The van der Waals surface area contributed by atoms with Crippen LogP contribution in [0.4, 0.5) is 5.69 Å². The number of para-hydroxylation sites is 1. The van der Waals surface area contributed by atoms with Crippen molar-refractivity contribution in [3.05, 3.63) is 29.8 Å². The SMILES string of the molecule is Nc1ccccc1CCC(=O)NCCOCC(=O)O. The van der Waals surface area contributed by atoms with Gasteiger partial charge in [0, 0.05) is 18.7 Å². The number of benzene rings is 1. The van der Waals surface area contributed by atoms with Crippen LogP contribution >= 0.6 is 0 Å². The number of amides is 1. The zero-order valence-corrected chi connectivity index (χ0v) is 10.6. The van der Waals surface area contributed by atoms with Gasteiger partial charge in [0.05, 0.1) is 6.61 Å². The van der Waals surface area contributed by atoms with Gasteiger partial charge in [-0.1, -0.05) is 18.2 Å². The summed E-state index contributed by atoms with van der Waals surface area (Å²) in [5.74, 6) is -1.13. The Labute approximate surface area is 111 Å². The topological polar surface area (TPSA) is 102 Å². The second-order valence-electron chi connectivity index (χ2n) is 4.00. The first kappa shape index (κ1) is 15.0. The van der Waals surface area contributed by atoms with Gasteiger partial charge < -0.3 is 20.9 Å². The molecule has 0 atom stereocenters. The van der Waals surface area contributed by atoms with Crippen molar-refractivity contribution in [3.8, 4) is 0 Å². The molecule has 0 aliphatic carbocycles. The Morgan fingerprint density at radius 1 is 1.32 bits per heavy atom. The van der Waals surface area contributed by atoms with Crippen molar-refractivity contribution >= 4 is 17.6 Å². The molecular weight excluding hydrogens is 248 g/mol. The van der Waals surface area contributed by atoms with Crippen LogP contribution in [-0.4, -0.2) is 36.7 Å². The Balaban J connectivity index is 2.15. The number of carboxylic acids is 1. The second kappa shape index (κ2) is 8.10. The normalized spacial score (nSPS) is 10.1. The number of hydrogen-bond donors (Lipinski definition) is 3. The molecule has 6 nitrogen and oxygen atoms in total. The fourth-order valence-corrected chi connectivity index (χ4v) is 1.52. The third kappa shape index (κ3) is 6.42. The first-order chi connectivity index (χ1) is 9.09. The van der Waals surface area contributed by atoms with Gasteiger partial charge >= 0.3 is 5.97 Å². The van der Waals surface area contributed by atoms with Crippen LogP contribution in [0, 0.1) is 0 Å². The molecule has 4 N–H and O–H groups in total. The fourth-order valence-electron chi connectivity index (χ4n) is 1.52. The van der Waals surface area contributed by atoms with Crippen molar-refractivity contribution in [3.63, 3.8) is 0 Å². The van der Waals surface area contributed by atoms with E-state index >= 15 is 0 Å². The van der Waals surface area contributed by atoms with Gasteiger partial charge in [0.1, 0.15) is 6.61 Å². The highest BCUT2D eigenvalue weighted by atomic mass is 16.5. The summed E-state index contributed by atoms with van der Waals surface area (Å²) in [7, 11) is 0. The lowest BCUT2D eigenvalue weighted by Gasteiger charge is -2.07. The number of nitrogens with one attached hydrogen (secondary N) is 1. The highest BCUT2D eigenvalue weighted by molar-refractivity contribution is 5.76. The summed E-state index contributed by atoms with van der Waals surface area (Å²) in [6.07, 6.45) is 0.918. The zero-order valence-electron chi connectivity index (χ0n) is 10.6. The Morgan fingerprint density at radius 3 is 2.74 bits per heavy atom. The first-order valence-corrected chi connectivity index (χ1v) is 5.99. The number of carbonyl (C=O) groups excluding carboxylic acids is 1. The molecule has 0 spiro atoms. The van der Waals surface area contributed by atoms with Crippen molar-refractivity contribution in [2.24, 2.45) is 0 Å². The van der Waals surface area contributed by atoms with Gasteiger partial charge in [-0.05, 0) is 18.1 Å². The van der Waals surface area contributed by atoms with E-state index in [9.17, 15) is 9.59 Å². The number of carboxylic acid groups (broad SMARTS) is 1. The van der Waals surface area contributed by atoms with Crippen LogP contribution in [0.25, 0.3) is 0 Å². The highest BCUT2D eigenvalue weighted by Crippen LogP contribution is 2.12. The predicted octanol–water partition coefficient (Wildman–Crippen LogP) is 0.419. The summed E-state index contributed by atoms with van der Waals surface area (Å²) in [6.45, 7) is 0.137. The maximum atomic E-state index is 11.5. The molecule has 1 amide bonds. The molecule has 0 aliphatic rings. The van der Waals surface area contributed by atoms with Gasteiger partial charge in [-0.15, -0.1) is 0 Å². The van der Waals surface area contributed by atoms with Gasteiger partial charge in [-0.3, -0.25) is 4.79 Å². The Kier molecular flexibility index (Phi) is 6.38. The molecule has 0 saturated carbocycles. The number of rotatable bonds is 8. The molecular formula is C13H18N2O4. The largest absolute Gasteiger partial charge is 0.480 e. The lowest BCUT2D eigenvalue weighted by atomic mass is 10.1. The lowest BCUT2D eigenvalue weighted by molar-refractivity contribution is -0.142. The first-order valence-electron chi connectivity index (χ1n) is 5.99. The number of nitrogen functional groups attached to an aromatic ring is 1. The van der Waals surface area contributed by atoms with E-state index in [-0.39, 0.29) is 19.1 Å². The van der Waals surface area contributed by atoms with Gasteiger partial charge in [-0.25, -0.2) is 4.79 Å². The van der Waals surface area contributed by atoms with Crippen LogP contribution < -0.4 is 11.1 Å². The Morgan fingerprint density at radius 2 is 2.05 bits per heavy atom. The van der Waals surface area contributed by atoms with Crippen LogP contribution in [0.5, 0.6) is 0 Å². The van der Waals surface area contributed by atoms with E-state index in [1.165, 1.54) is 0 Å². The molecule has 6 heteroatoms. The number of nitrogens with two attached hydrogens (primary N) is 1. The lowest BCUT2D eigenvalue weighted by Crippen LogP contribution is -2.28. The molecule has 0 bridgehead atoms. The van der Waals surface area contributed by atoms with Crippen molar-refractivity contribution in [2.75, 3.05) is 25.5 Å². The molecule has 0 fully saturated rings. The maximum absolute atomic E-state index is 11.5. The van der Waals surface area contributed by atoms with Gasteiger partial charge in [0.2, 0.25) is 5.91 Å². The number of hydrogen-bond acceptors (Lipinski definition) is 4. The predicted molar refractivity (Wildman–Crippen MR) is 70.6 cm³/mol. The molecule has 1 aromatic carbocycles. The average Bonchev–Trinajstić information content (AvgIpc) is 2.37. The van der Waals surface area contributed by atoms with E-state index in [1.807, 2.05) is 18.2 Å². The maximum Gasteiger partial charge on any atom is 0.329 e. The smallest absolute Gasteiger partial charge is 0.329 e. The highest BCUT2D eigenvalue weighted by Gasteiger charge is 2.04. The van der Waals surface area contributed by atoms with Crippen LogP contribution in [-0.2, 0) is 20.7 Å². The summed E-state index contributed by atoms with van der Waals surface area (Å²) in [5.41, 5.74) is 7.39. The molecule has 0 unspecified atom stereocenters. The summed E-state index contributed by atoms with van der Waals surface area (Å²) in [5, 5.41) is 11.0. The molecule has 104 valence electrons. The number of aliphatic carboxylic acids is 1. The van der Waals surface area contributed by atoms with Crippen molar-refractivity contribution in [1.29, 1.82) is 0 Å². The Hall–Kier alpha value is -2.08. The molecule has 1 rings (SSSR count). The number of aryl methyl sites for hydroxylation is 1. The van der Waals surface area contributed by atoms with Crippen LogP contribution in [0.15, 0.2) is 24.3 Å². The summed E-state index contributed by atoms with van der Waals surface area (Å²) in [6, 6.07) is 7.41. The molecule has 1 aromatic rings. The number of carbonyl (C=O) groups is 2. The van der Waals surface area contributed by atoms with Crippen LogP contribution in [0.1, 0.15) is 12.0 Å². The van der Waals surface area contributed by atoms with E-state index in [4.69, 9.17) is 15.6 Å². The minimum absolute atomic E-state index is 0.109. The summed E-state index contributed by atoms with van der Waals surface area (Å²) >= 11 is 0. The van der Waals surface area contributed by atoms with Crippen molar-refractivity contribution < 1.29 is 19.4 Å². The monoisotopic (exact) mass is 266 g/mol. The van der Waals surface area contributed by atoms with Gasteiger partial charge in [0.25, 0.3) is 0 Å². The third-order valence-electron chi connectivity index (χ3n) is 2.47.